The average molecular weight is 440 g/mol. The molecule has 1 atom stereocenters. The van der Waals surface area contributed by atoms with Crippen molar-refractivity contribution >= 4 is 35.0 Å². The summed E-state index contributed by atoms with van der Waals surface area (Å²) in [5.41, 5.74) is -1.65. The summed E-state index contributed by atoms with van der Waals surface area (Å²) in [6.07, 6.45) is 0.480. The topological polar surface area (TPSA) is 98.8 Å². The molecule has 3 rings (SSSR count). The van der Waals surface area contributed by atoms with Crippen LogP contribution in [0.2, 0.25) is 5.02 Å². The van der Waals surface area contributed by atoms with E-state index >= 15 is 0 Å². The maximum absolute atomic E-state index is 14.1. The van der Waals surface area contributed by atoms with Crippen LogP contribution in [0.3, 0.4) is 0 Å². The fourth-order valence-corrected chi connectivity index (χ4v) is 4.11. The second-order valence-electron chi connectivity index (χ2n) is 8.47. The molecular formula is C21H23ClFNO6. The van der Waals surface area contributed by atoms with E-state index in [2.05, 4.69) is 5.32 Å². The maximum Gasteiger partial charge on any atom is 0.325 e. The van der Waals surface area contributed by atoms with E-state index in [0.717, 1.165) is 6.07 Å². The zero-order valence-electron chi connectivity index (χ0n) is 17.0. The fourth-order valence-electron chi connectivity index (χ4n) is 3.94. The number of esters is 1. The molecule has 1 fully saturated rings. The Labute approximate surface area is 178 Å². The number of amides is 1. The van der Waals surface area contributed by atoms with Crippen LogP contribution in [0.5, 0.6) is 0 Å². The molecule has 1 aromatic carbocycles. The Morgan fingerprint density at radius 1 is 1.27 bits per heavy atom. The number of fused-ring (bicyclic) bond motifs is 2. The van der Waals surface area contributed by atoms with Gasteiger partial charge in [-0.3, -0.25) is 19.2 Å². The van der Waals surface area contributed by atoms with Gasteiger partial charge in [-0.1, -0.05) is 11.6 Å². The third-order valence-electron chi connectivity index (χ3n) is 5.27. The predicted octanol–water partition coefficient (Wildman–Crippen LogP) is 2.37. The highest BCUT2D eigenvalue weighted by molar-refractivity contribution is 6.32. The number of hydrogen-bond donors (Lipinski definition) is 1. The molecule has 1 spiro atoms. The Kier molecular flexibility index (Phi) is 6.02. The van der Waals surface area contributed by atoms with Crippen LogP contribution in [-0.4, -0.2) is 48.8 Å². The lowest BCUT2D eigenvalue weighted by Crippen LogP contribution is -2.55. The van der Waals surface area contributed by atoms with E-state index < -0.39 is 52.7 Å². The monoisotopic (exact) mass is 439 g/mol. The molecule has 1 unspecified atom stereocenters. The normalized spacial score (nSPS) is 20.6. The second kappa shape index (κ2) is 8.07. The highest BCUT2D eigenvalue weighted by Gasteiger charge is 2.54. The number of ether oxygens (including phenoxy) is 2. The van der Waals surface area contributed by atoms with Crippen LogP contribution in [0.25, 0.3) is 0 Å². The van der Waals surface area contributed by atoms with Gasteiger partial charge >= 0.3 is 5.97 Å². The van der Waals surface area contributed by atoms with Crippen molar-refractivity contribution in [2.24, 2.45) is 5.92 Å². The maximum atomic E-state index is 14.1. The van der Waals surface area contributed by atoms with Crippen LogP contribution in [0.4, 0.5) is 4.39 Å². The summed E-state index contributed by atoms with van der Waals surface area (Å²) < 4.78 is 24.6. The number of carbonyl (C=O) groups excluding carboxylic acids is 4. The van der Waals surface area contributed by atoms with Crippen molar-refractivity contribution < 1.29 is 33.0 Å². The summed E-state index contributed by atoms with van der Waals surface area (Å²) >= 11 is 5.92. The van der Waals surface area contributed by atoms with Gasteiger partial charge in [0, 0.05) is 18.8 Å². The van der Waals surface area contributed by atoms with Gasteiger partial charge in [-0.2, -0.15) is 0 Å². The van der Waals surface area contributed by atoms with Crippen LogP contribution in [-0.2, 0) is 29.3 Å². The first-order valence-corrected chi connectivity index (χ1v) is 9.99. The molecule has 0 bridgehead atoms. The second-order valence-corrected chi connectivity index (χ2v) is 8.88. The Bertz CT molecular complexity index is 917. The van der Waals surface area contributed by atoms with Gasteiger partial charge in [0.1, 0.15) is 18.0 Å². The molecule has 0 radical (unpaired) electrons. The molecule has 162 valence electrons. The molecule has 1 amide bonds. The number of carbonyl (C=O) groups is 4. The first kappa shape index (κ1) is 22.4. The van der Waals surface area contributed by atoms with Gasteiger partial charge < -0.3 is 14.8 Å². The lowest BCUT2D eigenvalue weighted by atomic mass is 9.61. The SMILES string of the molecule is CC(C)(C)OC(=O)CNC(=O)C1C(=O)c2cc(F)c(Cl)cc2C2(CCOCC2)C1=O. The Morgan fingerprint density at radius 3 is 2.50 bits per heavy atom. The number of ketones is 2. The minimum atomic E-state index is -1.68. The van der Waals surface area contributed by atoms with Crippen molar-refractivity contribution in [3.63, 3.8) is 0 Å². The number of halogens is 2. The van der Waals surface area contributed by atoms with Crippen molar-refractivity contribution in [3.8, 4) is 0 Å². The number of Topliss-reactive ketones (excluding diaryl/α,β-unsaturated/α-hetero) is 2. The smallest absolute Gasteiger partial charge is 0.325 e. The highest BCUT2D eigenvalue weighted by Crippen LogP contribution is 2.45. The number of benzene rings is 1. The van der Waals surface area contributed by atoms with Crippen LogP contribution in [0, 0.1) is 11.7 Å². The van der Waals surface area contributed by atoms with Crippen LogP contribution >= 0.6 is 11.6 Å². The van der Waals surface area contributed by atoms with E-state index in [1.807, 2.05) is 0 Å². The molecule has 9 heteroatoms. The summed E-state index contributed by atoms with van der Waals surface area (Å²) in [7, 11) is 0. The van der Waals surface area contributed by atoms with Gasteiger partial charge in [0.05, 0.1) is 10.4 Å². The summed E-state index contributed by atoms with van der Waals surface area (Å²) in [5.74, 6) is -5.52. The Morgan fingerprint density at radius 2 is 1.90 bits per heavy atom. The van der Waals surface area contributed by atoms with E-state index in [9.17, 15) is 23.6 Å². The van der Waals surface area contributed by atoms with Gasteiger partial charge in [0.2, 0.25) is 5.91 Å². The standard InChI is InChI=1S/C21H23ClFNO6/c1-20(2,3)30-15(25)10-24-19(28)16-17(26)11-8-14(23)13(22)9-12(11)21(18(16)27)4-6-29-7-5-21/h8-9,16H,4-7,10H2,1-3H3,(H,24,28). The minimum absolute atomic E-state index is 0.0455. The molecule has 1 saturated heterocycles. The lowest BCUT2D eigenvalue weighted by molar-refractivity contribution is -0.155. The van der Waals surface area contributed by atoms with Gasteiger partial charge in [0.15, 0.2) is 17.5 Å². The molecule has 30 heavy (non-hydrogen) atoms. The zero-order valence-corrected chi connectivity index (χ0v) is 17.7. The van der Waals surface area contributed by atoms with Gasteiger partial charge in [-0.15, -0.1) is 0 Å². The average Bonchev–Trinajstić information content (AvgIpc) is 2.66. The third kappa shape index (κ3) is 4.11. The van der Waals surface area contributed by atoms with Gasteiger partial charge in [0.25, 0.3) is 0 Å². The molecule has 1 heterocycles. The number of nitrogens with one attached hydrogen (secondary N) is 1. The predicted molar refractivity (Wildman–Crippen MR) is 105 cm³/mol. The van der Waals surface area contributed by atoms with Crippen molar-refractivity contribution in [2.45, 2.75) is 44.6 Å². The zero-order chi connectivity index (χ0) is 22.3. The third-order valence-corrected chi connectivity index (χ3v) is 5.56. The summed E-state index contributed by atoms with van der Waals surface area (Å²) in [4.78, 5) is 51.1. The number of rotatable bonds is 3. The molecule has 1 aliphatic heterocycles. The van der Waals surface area contributed by atoms with Crippen molar-refractivity contribution in [1.82, 2.24) is 5.32 Å². The van der Waals surface area contributed by atoms with E-state index in [4.69, 9.17) is 21.1 Å². The minimum Gasteiger partial charge on any atom is -0.459 e. The van der Waals surface area contributed by atoms with Gasteiger partial charge in [-0.25, -0.2) is 4.39 Å². The molecule has 1 N–H and O–H groups in total. The highest BCUT2D eigenvalue weighted by atomic mass is 35.5. The van der Waals surface area contributed by atoms with Crippen LogP contribution in [0.1, 0.15) is 49.5 Å². The molecule has 7 nitrogen and oxygen atoms in total. The Balaban J connectivity index is 1.93. The first-order chi connectivity index (χ1) is 14.0. The van der Waals surface area contributed by atoms with E-state index in [0.29, 0.717) is 5.56 Å². The number of hydrogen-bond acceptors (Lipinski definition) is 6. The lowest BCUT2D eigenvalue weighted by Gasteiger charge is -2.42. The van der Waals surface area contributed by atoms with E-state index in [1.165, 1.54) is 6.07 Å². The molecule has 1 aromatic rings. The molecule has 0 aromatic heterocycles. The summed E-state index contributed by atoms with van der Waals surface area (Å²) in [6, 6.07) is 2.26. The molecule has 2 aliphatic rings. The summed E-state index contributed by atoms with van der Waals surface area (Å²) in [5, 5.41) is 2.11. The summed E-state index contributed by atoms with van der Waals surface area (Å²) in [6.45, 7) is 5.03. The van der Waals surface area contributed by atoms with Crippen LogP contribution < -0.4 is 5.32 Å². The van der Waals surface area contributed by atoms with Crippen LogP contribution in [0.15, 0.2) is 12.1 Å². The fraction of sp³-hybridized carbons (Fsp3) is 0.524. The first-order valence-electron chi connectivity index (χ1n) is 9.61. The van der Waals surface area contributed by atoms with E-state index in [1.54, 1.807) is 20.8 Å². The van der Waals surface area contributed by atoms with E-state index in [-0.39, 0.29) is 36.6 Å². The molecule has 0 saturated carbocycles. The van der Waals surface area contributed by atoms with Gasteiger partial charge in [-0.05, 0) is 51.3 Å². The molecule has 1 aliphatic carbocycles. The van der Waals surface area contributed by atoms with Crippen molar-refractivity contribution in [3.05, 3.63) is 34.1 Å². The Hall–Kier alpha value is -2.32. The largest absolute Gasteiger partial charge is 0.459 e. The van der Waals surface area contributed by atoms with Crippen molar-refractivity contribution in [1.29, 1.82) is 0 Å². The quantitative estimate of drug-likeness (QED) is 0.573. The molecular weight excluding hydrogens is 417 g/mol. The van der Waals surface area contributed by atoms with Crippen molar-refractivity contribution in [2.75, 3.05) is 19.8 Å².